The van der Waals surface area contributed by atoms with Crippen molar-refractivity contribution in [3.63, 3.8) is 0 Å². The molecule has 1 aliphatic rings. The Morgan fingerprint density at radius 2 is 1.92 bits per heavy atom. The van der Waals surface area contributed by atoms with Gasteiger partial charge in [0.1, 0.15) is 0 Å². The highest BCUT2D eigenvalue weighted by Crippen LogP contribution is 2.35. The molecule has 0 bridgehead atoms. The van der Waals surface area contributed by atoms with Gasteiger partial charge in [-0.05, 0) is 20.8 Å². The number of rotatable bonds is 3. The molecule has 2 nitrogen and oxygen atoms in total. The Bertz CT molecular complexity index is 175. The van der Waals surface area contributed by atoms with Crippen molar-refractivity contribution in [1.29, 1.82) is 0 Å². The maximum atomic E-state index is 2.37. The lowest BCUT2D eigenvalue weighted by molar-refractivity contribution is -1.02. The zero-order valence-electron chi connectivity index (χ0n) is 9.46. The third-order valence-electron chi connectivity index (χ3n) is 3.99. The van der Waals surface area contributed by atoms with Crippen LogP contribution in [0.25, 0.3) is 0 Å². The first kappa shape index (κ1) is 10.0. The summed E-state index contributed by atoms with van der Waals surface area (Å²) < 4.78 is 2.44. The van der Waals surface area contributed by atoms with Crippen molar-refractivity contribution in [2.45, 2.75) is 33.0 Å². The summed E-state index contributed by atoms with van der Waals surface area (Å²) in [5.74, 6) is 0. The van der Waals surface area contributed by atoms with Crippen molar-refractivity contribution in [2.75, 3.05) is 34.2 Å². The van der Waals surface area contributed by atoms with Crippen LogP contribution >= 0.6 is 0 Å². The highest BCUT2D eigenvalue weighted by Gasteiger charge is 2.61. The molecule has 2 atom stereocenters. The molecule has 2 heteroatoms. The SMILES string of the molecule is CC[N+]1(C)C[C@@H]1[N+](C)(C)C(C)C. The topological polar surface area (TPSA) is 0 Å². The van der Waals surface area contributed by atoms with E-state index in [1.165, 1.54) is 22.1 Å². The second-order valence-corrected chi connectivity index (χ2v) is 5.18. The van der Waals surface area contributed by atoms with E-state index in [2.05, 4.69) is 41.9 Å². The third-order valence-corrected chi connectivity index (χ3v) is 3.99. The van der Waals surface area contributed by atoms with E-state index in [4.69, 9.17) is 0 Å². The maximum absolute atomic E-state index is 2.37. The Labute approximate surface area is 77.0 Å². The van der Waals surface area contributed by atoms with Gasteiger partial charge in [-0.25, -0.2) is 0 Å². The highest BCUT2D eigenvalue weighted by atomic mass is 15.7. The first-order chi connectivity index (χ1) is 5.34. The van der Waals surface area contributed by atoms with E-state index in [0.717, 1.165) is 12.2 Å². The van der Waals surface area contributed by atoms with Crippen LogP contribution in [0.1, 0.15) is 20.8 Å². The molecule has 1 unspecified atom stereocenters. The molecule has 0 N–H and O–H groups in total. The number of quaternary nitrogens is 2. The van der Waals surface area contributed by atoms with Gasteiger partial charge in [-0.2, -0.15) is 0 Å². The van der Waals surface area contributed by atoms with Crippen molar-refractivity contribution < 1.29 is 8.97 Å². The molecule has 1 saturated heterocycles. The molecule has 0 aliphatic carbocycles. The summed E-state index contributed by atoms with van der Waals surface area (Å²) in [6.07, 6.45) is 0.843. The predicted molar refractivity (Wildman–Crippen MR) is 52.6 cm³/mol. The smallest absolute Gasteiger partial charge is 0.266 e. The second kappa shape index (κ2) is 2.71. The Morgan fingerprint density at radius 1 is 1.42 bits per heavy atom. The number of hydrogen-bond donors (Lipinski definition) is 0. The zero-order chi connectivity index (χ0) is 9.57. The van der Waals surface area contributed by atoms with Crippen LogP contribution in [0.15, 0.2) is 0 Å². The predicted octanol–water partition coefficient (Wildman–Crippen LogP) is 1.28. The van der Waals surface area contributed by atoms with E-state index in [0.29, 0.717) is 0 Å². The van der Waals surface area contributed by atoms with E-state index < -0.39 is 0 Å². The van der Waals surface area contributed by atoms with Gasteiger partial charge in [-0.3, -0.25) is 8.97 Å². The van der Waals surface area contributed by atoms with Gasteiger partial charge < -0.3 is 0 Å². The molecule has 1 rings (SSSR count). The fraction of sp³-hybridized carbons (Fsp3) is 1.00. The maximum Gasteiger partial charge on any atom is 0.266 e. The minimum absolute atomic E-state index is 0.737. The Hall–Kier alpha value is -0.0800. The summed E-state index contributed by atoms with van der Waals surface area (Å²) in [6.45, 7) is 9.57. The molecule has 0 amide bonds. The molecule has 72 valence electrons. The second-order valence-electron chi connectivity index (χ2n) is 5.18. The summed E-state index contributed by atoms with van der Waals surface area (Å²) >= 11 is 0. The fourth-order valence-electron chi connectivity index (χ4n) is 1.94. The van der Waals surface area contributed by atoms with E-state index in [1.807, 2.05) is 0 Å². The molecule has 0 spiro atoms. The Morgan fingerprint density at radius 3 is 2.17 bits per heavy atom. The van der Waals surface area contributed by atoms with Gasteiger partial charge in [0.05, 0.1) is 33.7 Å². The molecule has 1 fully saturated rings. The van der Waals surface area contributed by atoms with Crippen molar-refractivity contribution in [3.05, 3.63) is 0 Å². The lowest BCUT2D eigenvalue weighted by Gasteiger charge is -2.33. The van der Waals surface area contributed by atoms with E-state index in [9.17, 15) is 0 Å². The quantitative estimate of drug-likeness (QED) is 0.444. The number of nitrogens with zero attached hydrogens (tertiary/aromatic N) is 2. The van der Waals surface area contributed by atoms with Gasteiger partial charge >= 0.3 is 0 Å². The summed E-state index contributed by atoms with van der Waals surface area (Å²) in [7, 11) is 7.08. The first-order valence-electron chi connectivity index (χ1n) is 5.02. The molecule has 0 aromatic heterocycles. The van der Waals surface area contributed by atoms with Gasteiger partial charge in [-0.15, -0.1) is 0 Å². The lowest BCUT2D eigenvalue weighted by Crippen LogP contribution is -2.52. The minimum atomic E-state index is 0.737. The highest BCUT2D eigenvalue weighted by molar-refractivity contribution is 4.63. The summed E-state index contributed by atoms with van der Waals surface area (Å²) in [6, 6.07) is 0.737. The van der Waals surface area contributed by atoms with Gasteiger partial charge in [0.25, 0.3) is 6.17 Å². The average molecular weight is 172 g/mol. The van der Waals surface area contributed by atoms with Gasteiger partial charge in [-0.1, -0.05) is 0 Å². The normalized spacial score (nSPS) is 35.8. The third kappa shape index (κ3) is 1.38. The van der Waals surface area contributed by atoms with Crippen molar-refractivity contribution in [1.82, 2.24) is 0 Å². The molecule has 1 aliphatic heterocycles. The largest absolute Gasteiger partial charge is 0.273 e. The number of likely N-dealkylation sites (N-methyl/N-ethyl adjacent to an activating group) is 2. The summed E-state index contributed by atoms with van der Waals surface area (Å²) in [5, 5.41) is 0. The number of hydrogen-bond acceptors (Lipinski definition) is 0. The molecule has 12 heavy (non-hydrogen) atoms. The molecule has 1 heterocycles. The van der Waals surface area contributed by atoms with Crippen LogP contribution in [0.2, 0.25) is 0 Å². The van der Waals surface area contributed by atoms with Crippen LogP contribution in [0.3, 0.4) is 0 Å². The molecular weight excluding hydrogens is 148 g/mol. The Kier molecular flexibility index (Phi) is 2.26. The molecule has 0 radical (unpaired) electrons. The van der Waals surface area contributed by atoms with Gasteiger partial charge in [0, 0.05) is 0 Å². The standard InChI is InChI=1S/C10H24N2/c1-7-12(6)8-10(12)11(4,5)9(2)3/h9-10H,7-8H2,1-6H3/q+2/t10-,12?/m1/s1. The summed E-state index contributed by atoms with van der Waals surface area (Å²) in [5.41, 5.74) is 0. The van der Waals surface area contributed by atoms with Crippen LogP contribution in [0.5, 0.6) is 0 Å². The molecular formula is C10H24N2+2. The van der Waals surface area contributed by atoms with Crippen LogP contribution in [0, 0.1) is 0 Å². The average Bonchev–Trinajstić information content (AvgIpc) is 2.64. The molecule has 0 aromatic carbocycles. The summed E-state index contributed by atoms with van der Waals surface area (Å²) in [4.78, 5) is 0. The van der Waals surface area contributed by atoms with Crippen LogP contribution in [0.4, 0.5) is 0 Å². The van der Waals surface area contributed by atoms with Gasteiger partial charge in [0.2, 0.25) is 0 Å². The monoisotopic (exact) mass is 172 g/mol. The van der Waals surface area contributed by atoms with Crippen molar-refractivity contribution >= 4 is 0 Å². The van der Waals surface area contributed by atoms with E-state index >= 15 is 0 Å². The van der Waals surface area contributed by atoms with Gasteiger partial charge in [0.15, 0.2) is 6.54 Å². The van der Waals surface area contributed by atoms with E-state index in [-0.39, 0.29) is 0 Å². The van der Waals surface area contributed by atoms with Crippen LogP contribution < -0.4 is 0 Å². The first-order valence-corrected chi connectivity index (χ1v) is 5.02. The Balaban J connectivity index is 2.63. The molecule has 0 aromatic rings. The zero-order valence-corrected chi connectivity index (χ0v) is 9.46. The van der Waals surface area contributed by atoms with Crippen LogP contribution in [-0.2, 0) is 0 Å². The molecule has 0 saturated carbocycles. The van der Waals surface area contributed by atoms with E-state index in [1.54, 1.807) is 0 Å². The minimum Gasteiger partial charge on any atom is -0.273 e. The van der Waals surface area contributed by atoms with Crippen LogP contribution in [-0.4, -0.2) is 55.4 Å². The fourth-order valence-corrected chi connectivity index (χ4v) is 1.94. The van der Waals surface area contributed by atoms with Crippen molar-refractivity contribution in [2.24, 2.45) is 0 Å². The van der Waals surface area contributed by atoms with Crippen molar-refractivity contribution in [3.8, 4) is 0 Å². The lowest BCUT2D eigenvalue weighted by atomic mass is 10.3.